The molecule has 3 aliphatic carbocycles. The summed E-state index contributed by atoms with van der Waals surface area (Å²) >= 11 is 0. The van der Waals surface area contributed by atoms with Crippen LogP contribution in [0.2, 0.25) is 18.1 Å². The van der Waals surface area contributed by atoms with Gasteiger partial charge in [0.25, 0.3) is 5.91 Å². The number of Topliss-reactive ketones (excluding diaryl/α,β-unsaturated/α-hetero) is 1. The number of hydrogen-bond donors (Lipinski definition) is 1. The average Bonchev–Trinajstić information content (AvgIpc) is 3.60. The first-order valence-electron chi connectivity index (χ1n) is 27.5. The number of fused-ring (bicyclic) bond motifs is 5. The fourth-order valence-corrected chi connectivity index (χ4v) is 16.6. The number of hydrogen-bond acceptors (Lipinski definition) is 16. The summed E-state index contributed by atoms with van der Waals surface area (Å²) in [6.07, 6.45) is -10.0. The molecule has 2 unspecified atom stereocenters. The third kappa shape index (κ3) is 9.63. The number of benzene rings is 4. The molecule has 4 fully saturated rings. The number of ether oxygens (including phenoxy) is 8. The zero-order valence-electron chi connectivity index (χ0n) is 47.3. The maximum Gasteiger partial charge on any atom is 0.338 e. The standard InChI is InChI=1S/C62H73NO16Si/c1-12-80(13-2,14-3)79-46-33-47-61(35-73-47,78-38(6)65)52-54(77-57(68)41-28-22-17-23-29-41)62(70)34-45(36(4)48(59(62,7)8)50(74-37(5)64)53(66)60(46,52)9)75-58(69)51-49(39-24-18-15-19-25-39)63(55(67)40-26-20-16-21-27-40)56(76-51)42-30-31-43(71-10)44(32-42)72-11/h15-32,45-47,49-52,54,56,70H,12-14,33-35H2,1-11H3/t45-,46-,47+,49-,50+,51+,52?,54-,56?,60+,61-,62+/m0/s1. The van der Waals surface area contributed by atoms with Gasteiger partial charge >= 0.3 is 23.9 Å². The van der Waals surface area contributed by atoms with Crippen molar-refractivity contribution in [2.45, 2.75) is 153 Å². The summed E-state index contributed by atoms with van der Waals surface area (Å²) in [7, 11) is 0.304. The van der Waals surface area contributed by atoms with Crippen molar-refractivity contribution >= 4 is 43.9 Å². The first kappa shape index (κ1) is 58.0. The van der Waals surface area contributed by atoms with E-state index in [0.717, 1.165) is 0 Å². The molecule has 4 aromatic rings. The van der Waals surface area contributed by atoms with E-state index in [9.17, 15) is 19.5 Å². The number of amides is 1. The molecule has 2 heterocycles. The molecule has 9 rings (SSSR count). The Kier molecular flexibility index (Phi) is 16.2. The molecule has 5 aliphatic rings. The summed E-state index contributed by atoms with van der Waals surface area (Å²) in [5.74, 6) is -5.16. The smallest absolute Gasteiger partial charge is 0.338 e. The number of aliphatic hydroxyl groups is 1. The number of rotatable bonds is 16. The van der Waals surface area contributed by atoms with Crippen LogP contribution in [0.4, 0.5) is 0 Å². The predicted molar refractivity (Wildman–Crippen MR) is 294 cm³/mol. The van der Waals surface area contributed by atoms with Crippen molar-refractivity contribution in [3.63, 3.8) is 0 Å². The van der Waals surface area contributed by atoms with Gasteiger partial charge in [0.15, 0.2) is 49.6 Å². The molecule has 2 aliphatic heterocycles. The molecular weight excluding hydrogens is 1040 g/mol. The van der Waals surface area contributed by atoms with Crippen molar-refractivity contribution in [1.29, 1.82) is 0 Å². The van der Waals surface area contributed by atoms with Gasteiger partial charge in [0, 0.05) is 43.2 Å². The van der Waals surface area contributed by atoms with Gasteiger partial charge in [-0.2, -0.15) is 0 Å². The number of carbonyl (C=O) groups excluding carboxylic acids is 6. The predicted octanol–water partition coefficient (Wildman–Crippen LogP) is 9.23. The van der Waals surface area contributed by atoms with E-state index in [1.165, 1.54) is 33.0 Å². The third-order valence-corrected chi connectivity index (χ3v) is 22.8. The zero-order valence-corrected chi connectivity index (χ0v) is 48.3. The lowest BCUT2D eigenvalue weighted by Crippen LogP contribution is -2.82. The first-order chi connectivity index (χ1) is 38.1. The van der Waals surface area contributed by atoms with Gasteiger partial charge in [-0.15, -0.1) is 0 Å². The van der Waals surface area contributed by atoms with Gasteiger partial charge in [0.1, 0.15) is 23.9 Å². The number of nitrogens with zero attached hydrogens (tertiary/aromatic N) is 1. The summed E-state index contributed by atoms with van der Waals surface area (Å²) < 4.78 is 58.0. The molecule has 2 saturated heterocycles. The van der Waals surface area contributed by atoms with Gasteiger partial charge in [-0.05, 0) is 85.1 Å². The van der Waals surface area contributed by atoms with Crippen molar-refractivity contribution in [1.82, 2.24) is 4.90 Å². The second kappa shape index (κ2) is 22.3. The van der Waals surface area contributed by atoms with E-state index >= 15 is 14.4 Å². The van der Waals surface area contributed by atoms with Crippen LogP contribution in [-0.2, 0) is 52.0 Å². The Morgan fingerprint density at radius 3 is 1.90 bits per heavy atom. The Balaban J connectivity index is 1.25. The molecule has 426 valence electrons. The van der Waals surface area contributed by atoms with Gasteiger partial charge in [-0.1, -0.05) is 107 Å². The molecule has 2 saturated carbocycles. The summed E-state index contributed by atoms with van der Waals surface area (Å²) in [6, 6.07) is 31.6. The van der Waals surface area contributed by atoms with Gasteiger partial charge in [0.05, 0.1) is 49.9 Å². The van der Waals surface area contributed by atoms with Gasteiger partial charge in [-0.25, -0.2) is 9.59 Å². The first-order valence-corrected chi connectivity index (χ1v) is 30.0. The summed E-state index contributed by atoms with van der Waals surface area (Å²) in [5, 5.41) is 14.5. The fraction of sp³-hybridized carbons (Fsp3) is 0.484. The highest BCUT2D eigenvalue weighted by Gasteiger charge is 2.79. The Bertz CT molecular complexity index is 3030. The number of carbonyl (C=O) groups is 6. The number of esters is 4. The highest BCUT2D eigenvalue weighted by molar-refractivity contribution is 6.73. The van der Waals surface area contributed by atoms with E-state index in [0.29, 0.717) is 46.3 Å². The molecule has 4 aromatic carbocycles. The molecule has 1 amide bonds. The lowest BCUT2D eigenvalue weighted by molar-refractivity contribution is -0.344. The van der Waals surface area contributed by atoms with Crippen molar-refractivity contribution in [2.24, 2.45) is 16.7 Å². The lowest BCUT2D eigenvalue weighted by atomic mass is 9.44. The Hall–Kier alpha value is -6.70. The molecule has 0 radical (unpaired) electrons. The molecule has 2 bridgehead atoms. The average molecular weight is 1120 g/mol. The Labute approximate surface area is 468 Å². The van der Waals surface area contributed by atoms with E-state index < -0.39 is 127 Å². The van der Waals surface area contributed by atoms with Crippen LogP contribution < -0.4 is 9.47 Å². The van der Waals surface area contributed by atoms with Crippen LogP contribution in [0.3, 0.4) is 0 Å². The summed E-state index contributed by atoms with van der Waals surface area (Å²) in [5.41, 5.74) is -5.79. The largest absolute Gasteiger partial charge is 0.493 e. The van der Waals surface area contributed by atoms with E-state index in [1.807, 2.05) is 0 Å². The minimum Gasteiger partial charge on any atom is -0.493 e. The van der Waals surface area contributed by atoms with Crippen LogP contribution in [0.1, 0.15) is 119 Å². The fourth-order valence-electron chi connectivity index (χ4n) is 13.6. The van der Waals surface area contributed by atoms with Crippen LogP contribution in [0.15, 0.2) is 120 Å². The van der Waals surface area contributed by atoms with E-state index in [1.54, 1.807) is 137 Å². The summed E-state index contributed by atoms with van der Waals surface area (Å²) in [6.45, 7) is 15.0. The normalized spacial score (nSPS) is 30.5. The molecule has 0 spiro atoms. The Morgan fingerprint density at radius 1 is 0.750 bits per heavy atom. The molecule has 12 atom stereocenters. The Morgan fingerprint density at radius 2 is 1.35 bits per heavy atom. The molecule has 17 nitrogen and oxygen atoms in total. The molecule has 80 heavy (non-hydrogen) atoms. The maximum absolute atomic E-state index is 16.6. The van der Waals surface area contributed by atoms with Crippen molar-refractivity contribution in [2.75, 3.05) is 20.8 Å². The van der Waals surface area contributed by atoms with Crippen molar-refractivity contribution < 1.29 is 76.2 Å². The van der Waals surface area contributed by atoms with Crippen molar-refractivity contribution in [3.05, 3.63) is 143 Å². The van der Waals surface area contributed by atoms with E-state index in [-0.39, 0.29) is 29.7 Å². The lowest BCUT2D eigenvalue weighted by Gasteiger charge is -2.68. The van der Waals surface area contributed by atoms with Crippen LogP contribution in [0.5, 0.6) is 11.5 Å². The topological polar surface area (TPSA) is 209 Å². The molecular formula is C62H73NO16Si. The number of methoxy groups -OCH3 is 2. The maximum atomic E-state index is 16.6. The molecule has 0 aromatic heterocycles. The van der Waals surface area contributed by atoms with Crippen LogP contribution >= 0.6 is 0 Å². The van der Waals surface area contributed by atoms with E-state index in [2.05, 4.69) is 20.8 Å². The monoisotopic (exact) mass is 1120 g/mol. The second-order valence-electron chi connectivity index (χ2n) is 22.5. The quantitative estimate of drug-likeness (QED) is 0.0480. The SMILES string of the molecule is CC[Si](CC)(CC)O[C@H]1C[C@H]2OC[C@@]2(OC(C)=O)C2[C@H](OC(=O)c3ccccc3)[C@]3(O)C[C@H](OC(=O)[C@@H]4OC(c5ccc(OC)c(OC)c5)N(C(=O)c5ccccc5)[C@H]4c4ccccc4)C(C)=C([C@@H](OC(C)=O)C(=O)[C@@]21C)C3(C)C. The summed E-state index contributed by atoms with van der Waals surface area (Å²) in [4.78, 5) is 91.1. The minimum absolute atomic E-state index is 0.0745. The highest BCUT2D eigenvalue weighted by atomic mass is 28.4. The molecule has 18 heteroatoms. The molecule has 1 N–H and O–H groups in total. The van der Waals surface area contributed by atoms with Gasteiger partial charge in [0.2, 0.25) is 0 Å². The van der Waals surface area contributed by atoms with Crippen LogP contribution in [-0.4, -0.2) is 123 Å². The second-order valence-corrected chi connectivity index (χ2v) is 27.2. The van der Waals surface area contributed by atoms with Crippen LogP contribution in [0.25, 0.3) is 0 Å². The number of ketones is 1. The minimum atomic E-state index is -2.67. The van der Waals surface area contributed by atoms with Gasteiger partial charge in [-0.3, -0.25) is 24.1 Å². The van der Waals surface area contributed by atoms with Crippen LogP contribution in [0, 0.1) is 16.7 Å². The third-order valence-electron chi connectivity index (χ3n) is 18.2. The zero-order chi connectivity index (χ0) is 57.7. The van der Waals surface area contributed by atoms with Crippen molar-refractivity contribution in [3.8, 4) is 11.5 Å². The van der Waals surface area contributed by atoms with E-state index in [4.69, 9.17) is 42.3 Å². The van der Waals surface area contributed by atoms with Gasteiger partial charge < -0.3 is 47.4 Å². The highest BCUT2D eigenvalue weighted by Crippen LogP contribution is 2.65.